The van der Waals surface area contributed by atoms with E-state index in [1.165, 1.54) is 37.9 Å². The van der Waals surface area contributed by atoms with Crippen LogP contribution in [0.2, 0.25) is 0 Å². The van der Waals surface area contributed by atoms with Crippen molar-refractivity contribution in [3.8, 4) is 0 Å². The molecule has 0 aliphatic carbocycles. The fourth-order valence-electron chi connectivity index (χ4n) is 4.40. The van der Waals surface area contributed by atoms with Crippen molar-refractivity contribution in [2.45, 2.75) is 38.5 Å². The van der Waals surface area contributed by atoms with Gasteiger partial charge in [-0.1, -0.05) is 54.6 Å². The number of aryl methyl sites for hydroxylation is 1. The molecule has 0 bridgehead atoms. The summed E-state index contributed by atoms with van der Waals surface area (Å²) in [5.74, 6) is -1.42. The Kier molecular flexibility index (Phi) is 4.58. The second-order valence-corrected chi connectivity index (χ2v) is 7.83. The lowest BCUT2D eigenvalue weighted by molar-refractivity contribution is -0.197. The lowest BCUT2D eigenvalue weighted by Crippen LogP contribution is -2.31. The van der Waals surface area contributed by atoms with E-state index in [0.717, 1.165) is 12.8 Å². The predicted molar refractivity (Wildman–Crippen MR) is 115 cm³/mol. The summed E-state index contributed by atoms with van der Waals surface area (Å²) in [6.45, 7) is 0. The van der Waals surface area contributed by atoms with E-state index in [0.29, 0.717) is 11.5 Å². The third-order valence-corrected chi connectivity index (χ3v) is 5.89. The maximum Gasteiger partial charge on any atom is 0.333 e. The number of benzene rings is 4. The van der Waals surface area contributed by atoms with Gasteiger partial charge in [-0.15, -0.1) is 5.06 Å². The molecule has 1 heterocycles. The van der Waals surface area contributed by atoms with Gasteiger partial charge >= 0.3 is 5.97 Å². The summed E-state index contributed by atoms with van der Waals surface area (Å²) in [6.07, 6.45) is 2.71. The second kappa shape index (κ2) is 7.41. The van der Waals surface area contributed by atoms with Gasteiger partial charge in [0.15, 0.2) is 0 Å². The first kappa shape index (κ1) is 18.6. The number of carbonyl (C=O) groups is 3. The van der Waals surface area contributed by atoms with E-state index in [9.17, 15) is 14.4 Å². The first-order valence-electron chi connectivity index (χ1n) is 10.3. The number of unbranched alkanes of at least 4 members (excludes halogenated alkanes) is 1. The quantitative estimate of drug-likeness (QED) is 0.263. The van der Waals surface area contributed by atoms with E-state index >= 15 is 0 Å². The van der Waals surface area contributed by atoms with Crippen LogP contribution in [0.3, 0.4) is 0 Å². The Hall–Kier alpha value is -3.47. The Balaban J connectivity index is 1.28. The molecule has 0 saturated carbocycles. The molecule has 0 radical (unpaired) electrons. The Morgan fingerprint density at radius 3 is 2.17 bits per heavy atom. The predicted octanol–water partition coefficient (Wildman–Crippen LogP) is 4.90. The highest BCUT2D eigenvalue weighted by molar-refractivity contribution is 6.23. The van der Waals surface area contributed by atoms with Crippen LogP contribution in [-0.2, 0) is 25.6 Å². The second-order valence-electron chi connectivity index (χ2n) is 7.83. The normalized spacial score (nSPS) is 14.5. The number of hydroxylamine groups is 2. The average Bonchev–Trinajstić information content (AvgIpc) is 3.07. The van der Waals surface area contributed by atoms with Gasteiger partial charge in [-0.2, -0.15) is 0 Å². The van der Waals surface area contributed by atoms with Crippen LogP contribution in [0, 0.1) is 0 Å². The monoisotopic (exact) mass is 399 g/mol. The number of hydrogen-bond donors (Lipinski definition) is 0. The third-order valence-electron chi connectivity index (χ3n) is 5.89. The number of hydrogen-bond acceptors (Lipinski definition) is 4. The molecule has 1 aliphatic heterocycles. The summed E-state index contributed by atoms with van der Waals surface area (Å²) in [7, 11) is 0. The van der Waals surface area contributed by atoms with Crippen LogP contribution in [0.1, 0.15) is 37.7 Å². The molecule has 1 saturated heterocycles. The van der Waals surface area contributed by atoms with Crippen LogP contribution in [0.5, 0.6) is 0 Å². The van der Waals surface area contributed by atoms with Crippen LogP contribution in [0.15, 0.2) is 54.6 Å². The zero-order chi connectivity index (χ0) is 20.7. The molecule has 0 N–H and O–H groups in total. The molecule has 4 aromatic carbocycles. The molecule has 5 rings (SSSR count). The van der Waals surface area contributed by atoms with Crippen molar-refractivity contribution in [2.24, 2.45) is 0 Å². The molecule has 1 aliphatic rings. The van der Waals surface area contributed by atoms with Crippen molar-refractivity contribution in [2.75, 3.05) is 0 Å². The van der Waals surface area contributed by atoms with Crippen molar-refractivity contribution < 1.29 is 19.2 Å². The Morgan fingerprint density at radius 1 is 0.800 bits per heavy atom. The molecule has 4 aromatic rings. The maximum atomic E-state index is 12.0. The van der Waals surface area contributed by atoms with E-state index in [2.05, 4.69) is 54.6 Å². The average molecular weight is 399 g/mol. The fraction of sp³-hybridized carbons (Fsp3) is 0.240. The summed E-state index contributed by atoms with van der Waals surface area (Å²) < 4.78 is 0. The van der Waals surface area contributed by atoms with Crippen molar-refractivity contribution in [3.05, 3.63) is 60.2 Å². The first-order chi connectivity index (χ1) is 14.6. The largest absolute Gasteiger partial charge is 0.333 e. The van der Waals surface area contributed by atoms with E-state index in [4.69, 9.17) is 4.84 Å². The van der Waals surface area contributed by atoms with Gasteiger partial charge in [-0.25, -0.2) is 4.79 Å². The van der Waals surface area contributed by atoms with Crippen LogP contribution in [0.4, 0.5) is 0 Å². The molecule has 0 spiro atoms. The standard InChI is InChI=1S/C25H21NO4/c27-21-14-15-22(28)26(21)30-23(29)7-2-1-4-16-8-9-19-11-10-17-5-3-6-18-12-13-20(16)25(19)24(17)18/h3,5-6,8-13H,1-2,4,7,14-15H2. The van der Waals surface area contributed by atoms with E-state index in [-0.39, 0.29) is 19.3 Å². The van der Waals surface area contributed by atoms with Crippen molar-refractivity contribution in [1.82, 2.24) is 5.06 Å². The van der Waals surface area contributed by atoms with Crippen LogP contribution >= 0.6 is 0 Å². The zero-order valence-corrected chi connectivity index (χ0v) is 16.5. The summed E-state index contributed by atoms with van der Waals surface area (Å²) in [5, 5.41) is 8.21. The number of nitrogens with zero attached hydrogens (tertiary/aromatic N) is 1. The Labute approximate surface area is 173 Å². The maximum absolute atomic E-state index is 12.0. The topological polar surface area (TPSA) is 63.7 Å². The van der Waals surface area contributed by atoms with Gasteiger partial charge in [0, 0.05) is 19.3 Å². The fourth-order valence-corrected chi connectivity index (χ4v) is 4.40. The van der Waals surface area contributed by atoms with Crippen molar-refractivity contribution in [3.63, 3.8) is 0 Å². The highest BCUT2D eigenvalue weighted by atomic mass is 16.7. The zero-order valence-electron chi connectivity index (χ0n) is 16.5. The first-order valence-corrected chi connectivity index (χ1v) is 10.3. The minimum absolute atomic E-state index is 0.112. The van der Waals surface area contributed by atoms with Crippen LogP contribution < -0.4 is 0 Å². The van der Waals surface area contributed by atoms with Crippen LogP contribution in [0.25, 0.3) is 32.3 Å². The Bertz CT molecular complexity index is 1260. The van der Waals surface area contributed by atoms with Crippen molar-refractivity contribution in [1.29, 1.82) is 0 Å². The lowest BCUT2D eigenvalue weighted by atomic mass is 9.90. The molecule has 1 fully saturated rings. The SMILES string of the molecule is O=C(CCCCc1ccc2ccc3cccc4ccc1c2c34)ON1C(=O)CCC1=O. The number of carbonyl (C=O) groups excluding carboxylic acids is 3. The van der Waals surface area contributed by atoms with Crippen molar-refractivity contribution >= 4 is 50.1 Å². The third kappa shape index (κ3) is 3.16. The van der Waals surface area contributed by atoms with Crippen LogP contribution in [-0.4, -0.2) is 22.8 Å². The molecule has 0 atom stereocenters. The highest BCUT2D eigenvalue weighted by Crippen LogP contribution is 2.36. The number of rotatable bonds is 6. The minimum Gasteiger partial charge on any atom is -0.330 e. The number of imide groups is 1. The molecule has 5 nitrogen and oxygen atoms in total. The van der Waals surface area contributed by atoms with Gasteiger partial charge in [-0.3, -0.25) is 9.59 Å². The van der Waals surface area contributed by atoms with Gasteiger partial charge in [0.05, 0.1) is 0 Å². The summed E-state index contributed by atoms with van der Waals surface area (Å²) in [6, 6.07) is 19.4. The van der Waals surface area contributed by atoms with Gasteiger partial charge in [0.1, 0.15) is 0 Å². The summed E-state index contributed by atoms with van der Waals surface area (Å²) in [4.78, 5) is 40.0. The van der Waals surface area contributed by atoms with E-state index in [1.54, 1.807) is 0 Å². The lowest BCUT2D eigenvalue weighted by Gasteiger charge is -2.14. The van der Waals surface area contributed by atoms with Gasteiger partial charge in [-0.05, 0) is 57.1 Å². The molecule has 0 unspecified atom stereocenters. The van der Waals surface area contributed by atoms with Gasteiger partial charge < -0.3 is 4.84 Å². The highest BCUT2D eigenvalue weighted by Gasteiger charge is 2.32. The molecule has 2 amide bonds. The molecule has 30 heavy (non-hydrogen) atoms. The molecular formula is C25H21NO4. The van der Waals surface area contributed by atoms with E-state index < -0.39 is 17.8 Å². The Morgan fingerprint density at radius 2 is 1.43 bits per heavy atom. The molecule has 5 heteroatoms. The molecular weight excluding hydrogens is 378 g/mol. The minimum atomic E-state index is -0.533. The molecule has 0 aromatic heterocycles. The summed E-state index contributed by atoms with van der Waals surface area (Å²) >= 11 is 0. The summed E-state index contributed by atoms with van der Waals surface area (Å²) in [5.41, 5.74) is 1.26. The van der Waals surface area contributed by atoms with E-state index in [1.807, 2.05) is 0 Å². The van der Waals surface area contributed by atoms with Gasteiger partial charge in [0.2, 0.25) is 0 Å². The molecule has 150 valence electrons. The number of amides is 2. The van der Waals surface area contributed by atoms with Gasteiger partial charge in [0.25, 0.3) is 11.8 Å². The smallest absolute Gasteiger partial charge is 0.330 e.